The summed E-state index contributed by atoms with van der Waals surface area (Å²) < 4.78 is 32.9. The van der Waals surface area contributed by atoms with Gasteiger partial charge in [0.2, 0.25) is 21.8 Å². The molecule has 0 aliphatic carbocycles. The first-order valence-electron chi connectivity index (χ1n) is 11.6. The number of carbonyl (C=O) groups is 2. The highest BCUT2D eigenvalue weighted by Gasteiger charge is 2.33. The number of rotatable bonds is 11. The Labute approximate surface area is 236 Å². The monoisotopic (exact) mass is 621 g/mol. The van der Waals surface area contributed by atoms with Crippen molar-refractivity contribution >= 4 is 55.1 Å². The zero-order chi connectivity index (χ0) is 27.9. The summed E-state index contributed by atoms with van der Waals surface area (Å²) in [7, 11) is -1.05. The Kier molecular flexibility index (Phi) is 10.2. The summed E-state index contributed by atoms with van der Waals surface area (Å²) in [6, 6.07) is 20.3. The van der Waals surface area contributed by atoms with Crippen molar-refractivity contribution in [2.24, 2.45) is 0 Å². The summed E-state index contributed by atoms with van der Waals surface area (Å²) in [4.78, 5) is 28.5. The summed E-state index contributed by atoms with van der Waals surface area (Å²) in [5.41, 5.74) is 1.74. The van der Waals surface area contributed by atoms with Crippen LogP contribution in [0.2, 0.25) is 5.02 Å². The SMILES string of the molecule is CNC(=O)[C@@H](Cc1ccccc1)N(Cc1cccc(Br)c1)C(=O)CN(c1cc(Cl)ccc1OC)S(C)(=O)=O. The molecular weight excluding hydrogens is 594 g/mol. The fraction of sp³-hybridized carbons (Fsp3) is 0.259. The van der Waals surface area contributed by atoms with E-state index in [1.165, 1.54) is 31.2 Å². The summed E-state index contributed by atoms with van der Waals surface area (Å²) in [5.74, 6) is -0.705. The molecule has 0 spiro atoms. The van der Waals surface area contributed by atoms with Crippen LogP contribution < -0.4 is 14.4 Å². The zero-order valence-electron chi connectivity index (χ0n) is 21.2. The van der Waals surface area contributed by atoms with Crippen molar-refractivity contribution in [1.82, 2.24) is 10.2 Å². The Morgan fingerprint density at radius 1 is 1.03 bits per heavy atom. The summed E-state index contributed by atoms with van der Waals surface area (Å²) in [6.07, 6.45) is 1.24. The smallest absolute Gasteiger partial charge is 0.244 e. The first kappa shape index (κ1) is 29.5. The molecule has 0 fully saturated rings. The third-order valence-electron chi connectivity index (χ3n) is 5.85. The van der Waals surface area contributed by atoms with Crippen LogP contribution in [0.3, 0.4) is 0 Å². The second-order valence-electron chi connectivity index (χ2n) is 8.56. The number of ether oxygens (including phenoxy) is 1. The number of hydrogen-bond donors (Lipinski definition) is 1. The van der Waals surface area contributed by atoms with E-state index < -0.39 is 28.5 Å². The first-order valence-corrected chi connectivity index (χ1v) is 14.7. The lowest BCUT2D eigenvalue weighted by Gasteiger charge is -2.33. The molecule has 3 aromatic carbocycles. The number of benzene rings is 3. The first-order chi connectivity index (χ1) is 18.0. The lowest BCUT2D eigenvalue weighted by molar-refractivity contribution is -0.139. The zero-order valence-corrected chi connectivity index (χ0v) is 24.4. The molecule has 0 aromatic heterocycles. The lowest BCUT2D eigenvalue weighted by Crippen LogP contribution is -2.52. The summed E-state index contributed by atoms with van der Waals surface area (Å²) >= 11 is 9.61. The van der Waals surface area contributed by atoms with Crippen molar-refractivity contribution in [3.8, 4) is 5.75 Å². The summed E-state index contributed by atoms with van der Waals surface area (Å²) in [5, 5.41) is 2.93. The highest BCUT2D eigenvalue weighted by Crippen LogP contribution is 2.33. The molecule has 0 saturated carbocycles. The molecule has 3 aromatic rings. The quantitative estimate of drug-likeness (QED) is 0.345. The Bertz CT molecular complexity index is 1390. The molecule has 0 saturated heterocycles. The van der Waals surface area contributed by atoms with Crippen molar-refractivity contribution in [1.29, 1.82) is 0 Å². The van der Waals surface area contributed by atoms with Gasteiger partial charge >= 0.3 is 0 Å². The van der Waals surface area contributed by atoms with Crippen LogP contribution in [0.1, 0.15) is 11.1 Å². The number of hydrogen-bond acceptors (Lipinski definition) is 5. The van der Waals surface area contributed by atoms with Gasteiger partial charge in [-0.15, -0.1) is 0 Å². The standard InChI is InChI=1S/C27H29BrClN3O5S/c1-30-27(34)24(15-19-8-5-4-6-9-19)31(17-20-10-7-11-21(28)14-20)26(33)18-32(38(3,35)36)23-16-22(29)12-13-25(23)37-2/h4-14,16,24H,15,17-18H2,1-3H3,(H,30,34)/t24-/m1/s1. The van der Waals surface area contributed by atoms with E-state index in [1.807, 2.05) is 54.6 Å². The number of anilines is 1. The highest BCUT2D eigenvalue weighted by molar-refractivity contribution is 9.10. The van der Waals surface area contributed by atoms with Crippen LogP contribution in [0.15, 0.2) is 77.3 Å². The van der Waals surface area contributed by atoms with Gasteiger partial charge in [0.25, 0.3) is 0 Å². The molecule has 1 N–H and O–H groups in total. The predicted molar refractivity (Wildman–Crippen MR) is 153 cm³/mol. The van der Waals surface area contributed by atoms with Crippen LogP contribution in [-0.4, -0.2) is 58.1 Å². The van der Waals surface area contributed by atoms with Gasteiger partial charge in [-0.3, -0.25) is 13.9 Å². The Hall–Kier alpha value is -3.08. The van der Waals surface area contributed by atoms with Crippen molar-refractivity contribution in [2.45, 2.75) is 19.0 Å². The number of carbonyl (C=O) groups excluding carboxylic acids is 2. The van der Waals surface area contributed by atoms with Crippen molar-refractivity contribution in [3.63, 3.8) is 0 Å². The Balaban J connectivity index is 2.07. The third kappa shape index (κ3) is 7.72. The van der Waals surface area contributed by atoms with E-state index in [-0.39, 0.29) is 35.3 Å². The molecule has 2 amide bonds. The fourth-order valence-corrected chi connectivity index (χ4v) is 5.46. The van der Waals surface area contributed by atoms with Gasteiger partial charge in [0, 0.05) is 29.5 Å². The molecule has 0 heterocycles. The molecule has 0 bridgehead atoms. The van der Waals surface area contributed by atoms with E-state index in [4.69, 9.17) is 16.3 Å². The van der Waals surface area contributed by atoms with Crippen LogP contribution in [0.25, 0.3) is 0 Å². The van der Waals surface area contributed by atoms with E-state index in [9.17, 15) is 18.0 Å². The Morgan fingerprint density at radius 2 is 1.71 bits per heavy atom. The average Bonchev–Trinajstić information content (AvgIpc) is 2.88. The number of methoxy groups -OCH3 is 1. The highest BCUT2D eigenvalue weighted by atomic mass is 79.9. The minimum Gasteiger partial charge on any atom is -0.495 e. The molecule has 11 heteroatoms. The molecule has 3 rings (SSSR count). The van der Waals surface area contributed by atoms with E-state index in [0.717, 1.165) is 26.2 Å². The molecular formula is C27H29BrClN3O5S. The van der Waals surface area contributed by atoms with Gasteiger partial charge in [0.05, 0.1) is 19.1 Å². The number of nitrogens with zero attached hydrogens (tertiary/aromatic N) is 2. The van der Waals surface area contributed by atoms with Crippen LogP contribution >= 0.6 is 27.5 Å². The minimum absolute atomic E-state index is 0.0769. The molecule has 0 aliphatic heterocycles. The molecule has 0 unspecified atom stereocenters. The number of sulfonamides is 1. The molecule has 202 valence electrons. The van der Waals surface area contributed by atoms with E-state index >= 15 is 0 Å². The van der Waals surface area contributed by atoms with Gasteiger partial charge in [-0.1, -0.05) is 70.0 Å². The van der Waals surface area contributed by atoms with E-state index in [1.54, 1.807) is 6.07 Å². The van der Waals surface area contributed by atoms with Crippen LogP contribution in [0.4, 0.5) is 5.69 Å². The van der Waals surface area contributed by atoms with Crippen molar-refractivity contribution in [3.05, 3.63) is 93.4 Å². The number of likely N-dealkylation sites (N-methyl/N-ethyl adjacent to an activating group) is 1. The van der Waals surface area contributed by atoms with Gasteiger partial charge in [-0.2, -0.15) is 0 Å². The minimum atomic E-state index is -3.95. The average molecular weight is 623 g/mol. The Morgan fingerprint density at radius 3 is 2.32 bits per heavy atom. The largest absolute Gasteiger partial charge is 0.495 e. The maximum absolute atomic E-state index is 14.0. The van der Waals surface area contributed by atoms with Gasteiger partial charge in [0.15, 0.2) is 0 Å². The molecule has 0 radical (unpaired) electrons. The summed E-state index contributed by atoms with van der Waals surface area (Å²) in [6.45, 7) is -0.487. The van der Waals surface area contributed by atoms with Gasteiger partial charge < -0.3 is 15.0 Å². The molecule has 1 atom stereocenters. The topological polar surface area (TPSA) is 96.0 Å². The van der Waals surface area contributed by atoms with Crippen LogP contribution in [0.5, 0.6) is 5.75 Å². The number of amides is 2. The second-order valence-corrected chi connectivity index (χ2v) is 11.8. The molecule has 38 heavy (non-hydrogen) atoms. The van der Waals surface area contributed by atoms with Crippen LogP contribution in [0, 0.1) is 0 Å². The maximum atomic E-state index is 14.0. The van der Waals surface area contributed by atoms with E-state index in [2.05, 4.69) is 21.2 Å². The normalized spacial score (nSPS) is 11.9. The molecule has 0 aliphatic rings. The van der Waals surface area contributed by atoms with Gasteiger partial charge in [-0.05, 0) is 41.5 Å². The van der Waals surface area contributed by atoms with Crippen LogP contribution in [-0.2, 0) is 32.6 Å². The van der Waals surface area contributed by atoms with Crippen molar-refractivity contribution in [2.75, 3.05) is 31.3 Å². The maximum Gasteiger partial charge on any atom is 0.244 e. The lowest BCUT2D eigenvalue weighted by atomic mass is 10.0. The van der Waals surface area contributed by atoms with Gasteiger partial charge in [0.1, 0.15) is 18.3 Å². The third-order valence-corrected chi connectivity index (χ3v) is 7.70. The second kappa shape index (κ2) is 13.1. The number of nitrogens with one attached hydrogen (secondary N) is 1. The van der Waals surface area contributed by atoms with Gasteiger partial charge in [-0.25, -0.2) is 8.42 Å². The van der Waals surface area contributed by atoms with E-state index in [0.29, 0.717) is 0 Å². The fourth-order valence-electron chi connectivity index (χ4n) is 4.01. The number of halogens is 2. The van der Waals surface area contributed by atoms with Crippen molar-refractivity contribution < 1.29 is 22.7 Å². The molecule has 8 nitrogen and oxygen atoms in total. The predicted octanol–water partition coefficient (Wildman–Crippen LogP) is 4.26.